The predicted molar refractivity (Wildman–Crippen MR) is 193 cm³/mol. The summed E-state index contributed by atoms with van der Waals surface area (Å²) in [6, 6.07) is 58.1. The third-order valence-electron chi connectivity index (χ3n) is 9.39. The zero-order chi connectivity index (χ0) is 31.2. The van der Waals surface area contributed by atoms with Crippen LogP contribution in [0.25, 0.3) is 55.0 Å². The average Bonchev–Trinajstić information content (AvgIpc) is 3.53. The van der Waals surface area contributed by atoms with Gasteiger partial charge in [-0.15, -0.1) is 0 Å². The maximum absolute atomic E-state index is 6.48. The molecule has 3 atom stereocenters. The van der Waals surface area contributed by atoms with Crippen molar-refractivity contribution in [2.75, 3.05) is 0 Å². The molecule has 4 nitrogen and oxygen atoms in total. The van der Waals surface area contributed by atoms with Crippen molar-refractivity contribution in [3.8, 4) is 22.3 Å². The molecule has 0 radical (unpaired) electrons. The molecule has 3 unspecified atom stereocenters. The molecule has 0 spiro atoms. The summed E-state index contributed by atoms with van der Waals surface area (Å²) in [4.78, 5) is 0. The summed E-state index contributed by atoms with van der Waals surface area (Å²) < 4.78 is 6.48. The van der Waals surface area contributed by atoms with Crippen LogP contribution < -0.4 is 16.0 Å². The monoisotopic (exact) mass is 607 g/mol. The van der Waals surface area contributed by atoms with Crippen molar-refractivity contribution in [3.05, 3.63) is 180 Å². The van der Waals surface area contributed by atoms with E-state index in [0.717, 1.165) is 38.6 Å². The van der Waals surface area contributed by atoms with Gasteiger partial charge < -0.3 is 4.42 Å². The van der Waals surface area contributed by atoms with Crippen LogP contribution in [0, 0.1) is 0 Å². The first-order valence-corrected chi connectivity index (χ1v) is 16.2. The minimum absolute atomic E-state index is 0.0822. The topological polar surface area (TPSA) is 49.2 Å². The SMILES string of the molecule is c1ccc(-c2cc(C3NC(c4ccccc4)NC(c4ccc(-c5ccc6ccccc6c5)cc4)N3)c3c(c2)oc2ccccc23)cc1. The average molecular weight is 608 g/mol. The van der Waals surface area contributed by atoms with Crippen LogP contribution in [0.2, 0.25) is 0 Å². The fourth-order valence-electron chi connectivity index (χ4n) is 7.00. The lowest BCUT2D eigenvalue weighted by Crippen LogP contribution is -2.54. The minimum Gasteiger partial charge on any atom is -0.456 e. The molecule has 47 heavy (non-hydrogen) atoms. The van der Waals surface area contributed by atoms with E-state index >= 15 is 0 Å². The van der Waals surface area contributed by atoms with E-state index in [0.29, 0.717) is 0 Å². The number of nitrogens with one attached hydrogen (secondary N) is 3. The number of hydrogen-bond acceptors (Lipinski definition) is 4. The van der Waals surface area contributed by atoms with E-state index < -0.39 is 0 Å². The van der Waals surface area contributed by atoms with E-state index in [9.17, 15) is 0 Å². The number of hydrogen-bond donors (Lipinski definition) is 3. The smallest absolute Gasteiger partial charge is 0.136 e. The number of para-hydroxylation sites is 1. The second kappa shape index (κ2) is 11.7. The molecule has 3 N–H and O–H groups in total. The maximum Gasteiger partial charge on any atom is 0.136 e. The van der Waals surface area contributed by atoms with Crippen LogP contribution in [-0.2, 0) is 0 Å². The second-order valence-electron chi connectivity index (χ2n) is 12.3. The Kier molecular flexibility index (Phi) is 6.90. The van der Waals surface area contributed by atoms with Crippen LogP contribution in [0.15, 0.2) is 168 Å². The Morgan fingerprint density at radius 2 is 0.979 bits per heavy atom. The van der Waals surface area contributed by atoms with E-state index in [2.05, 4.69) is 174 Å². The van der Waals surface area contributed by atoms with Crippen LogP contribution >= 0.6 is 0 Å². The molecule has 9 rings (SSSR count). The highest BCUT2D eigenvalue weighted by atomic mass is 16.3. The Balaban J connectivity index is 1.14. The van der Waals surface area contributed by atoms with Crippen molar-refractivity contribution < 1.29 is 4.42 Å². The summed E-state index contributed by atoms with van der Waals surface area (Å²) in [7, 11) is 0. The molecule has 7 aromatic carbocycles. The molecule has 2 heterocycles. The number of fused-ring (bicyclic) bond motifs is 4. The van der Waals surface area contributed by atoms with E-state index in [4.69, 9.17) is 4.42 Å². The highest BCUT2D eigenvalue weighted by Gasteiger charge is 2.31. The minimum atomic E-state index is -0.168. The first kappa shape index (κ1) is 27.8. The van der Waals surface area contributed by atoms with Gasteiger partial charge in [-0.3, -0.25) is 16.0 Å². The van der Waals surface area contributed by atoms with Crippen molar-refractivity contribution >= 4 is 32.7 Å². The third-order valence-corrected chi connectivity index (χ3v) is 9.39. The fraction of sp³-hybridized carbons (Fsp3) is 0.0698. The van der Waals surface area contributed by atoms with Crippen LogP contribution in [0.4, 0.5) is 0 Å². The molecule has 0 amide bonds. The van der Waals surface area contributed by atoms with Gasteiger partial charge in [-0.25, -0.2) is 0 Å². The van der Waals surface area contributed by atoms with Crippen LogP contribution in [0.5, 0.6) is 0 Å². The van der Waals surface area contributed by atoms with Crippen LogP contribution in [-0.4, -0.2) is 0 Å². The van der Waals surface area contributed by atoms with Gasteiger partial charge in [-0.05, 0) is 74.0 Å². The molecule has 4 heteroatoms. The quantitative estimate of drug-likeness (QED) is 0.182. The van der Waals surface area contributed by atoms with Crippen LogP contribution in [0.1, 0.15) is 35.2 Å². The summed E-state index contributed by atoms with van der Waals surface area (Å²) in [5, 5.41) is 16.4. The van der Waals surface area contributed by atoms with Gasteiger partial charge in [0.2, 0.25) is 0 Å². The second-order valence-corrected chi connectivity index (χ2v) is 12.3. The lowest BCUT2D eigenvalue weighted by atomic mass is 9.95. The van der Waals surface area contributed by atoms with Gasteiger partial charge in [0.05, 0.1) is 18.5 Å². The van der Waals surface area contributed by atoms with Gasteiger partial charge in [0, 0.05) is 10.8 Å². The van der Waals surface area contributed by atoms with Crippen LogP contribution in [0.3, 0.4) is 0 Å². The lowest BCUT2D eigenvalue weighted by Gasteiger charge is -2.40. The van der Waals surface area contributed by atoms with E-state index in [1.54, 1.807) is 0 Å². The lowest BCUT2D eigenvalue weighted by molar-refractivity contribution is 0.204. The molecule has 8 aromatic rings. The first-order chi connectivity index (χ1) is 23.3. The first-order valence-electron chi connectivity index (χ1n) is 16.2. The molecule has 1 fully saturated rings. The Bertz CT molecular complexity index is 2350. The van der Waals surface area contributed by atoms with Crippen molar-refractivity contribution in [1.82, 2.24) is 16.0 Å². The molecular weight excluding hydrogens is 574 g/mol. The summed E-state index contributed by atoms with van der Waals surface area (Å²) in [6.45, 7) is 0. The Labute approximate surface area is 273 Å². The molecule has 226 valence electrons. The van der Waals surface area contributed by atoms with E-state index in [1.165, 1.54) is 33.0 Å². The molecule has 1 aliphatic rings. The Morgan fingerprint density at radius 3 is 1.77 bits per heavy atom. The van der Waals surface area contributed by atoms with Crippen molar-refractivity contribution in [1.29, 1.82) is 0 Å². The summed E-state index contributed by atoms with van der Waals surface area (Å²) in [6.07, 6.45) is -0.356. The van der Waals surface area contributed by atoms with Gasteiger partial charge in [-0.1, -0.05) is 140 Å². The zero-order valence-corrected chi connectivity index (χ0v) is 25.7. The fourth-order valence-corrected chi connectivity index (χ4v) is 7.00. The molecule has 0 saturated carbocycles. The normalized spacial score (nSPS) is 18.2. The number of rotatable bonds is 5. The van der Waals surface area contributed by atoms with Crippen molar-refractivity contribution in [3.63, 3.8) is 0 Å². The van der Waals surface area contributed by atoms with Crippen molar-refractivity contribution in [2.45, 2.75) is 18.5 Å². The van der Waals surface area contributed by atoms with E-state index in [-0.39, 0.29) is 18.5 Å². The number of furan rings is 1. The van der Waals surface area contributed by atoms with Gasteiger partial charge in [0.1, 0.15) is 11.2 Å². The largest absolute Gasteiger partial charge is 0.456 e. The van der Waals surface area contributed by atoms with Gasteiger partial charge in [-0.2, -0.15) is 0 Å². The highest BCUT2D eigenvalue weighted by molar-refractivity contribution is 6.08. The molecule has 1 saturated heterocycles. The molecule has 1 aromatic heterocycles. The standard InChI is InChI=1S/C43H33N3O/c1-3-11-28(12-4-1)35-26-37(40-36-17-9-10-18-38(36)47-39(40)27-35)43-45-41(31-14-5-2-6-15-31)44-42(46-43)32-22-19-30(20-23-32)34-24-21-29-13-7-8-16-33(29)25-34/h1-27,41-46H. The predicted octanol–water partition coefficient (Wildman–Crippen LogP) is 10.3. The zero-order valence-electron chi connectivity index (χ0n) is 25.7. The molecular formula is C43H33N3O. The maximum atomic E-state index is 6.48. The molecule has 0 aliphatic carbocycles. The van der Waals surface area contributed by atoms with Gasteiger partial charge in [0.25, 0.3) is 0 Å². The Hall–Kier alpha value is -5.52. The summed E-state index contributed by atoms with van der Waals surface area (Å²) in [5.41, 5.74) is 10.00. The van der Waals surface area contributed by atoms with Crippen molar-refractivity contribution in [2.24, 2.45) is 0 Å². The Morgan fingerprint density at radius 1 is 0.383 bits per heavy atom. The molecule has 1 aliphatic heterocycles. The van der Waals surface area contributed by atoms with Gasteiger partial charge in [0.15, 0.2) is 0 Å². The third kappa shape index (κ3) is 5.19. The summed E-state index contributed by atoms with van der Waals surface area (Å²) in [5.74, 6) is 0. The van der Waals surface area contributed by atoms with E-state index in [1.807, 2.05) is 6.07 Å². The molecule has 0 bridgehead atoms. The number of benzene rings is 7. The highest BCUT2D eigenvalue weighted by Crippen LogP contribution is 2.39. The summed E-state index contributed by atoms with van der Waals surface area (Å²) >= 11 is 0. The van der Waals surface area contributed by atoms with Gasteiger partial charge >= 0.3 is 0 Å².